The highest BCUT2D eigenvalue weighted by Crippen LogP contribution is 1.79. The average Bonchev–Trinajstić information content (AvgIpc) is 1.86. The molecule has 0 saturated heterocycles. The minimum atomic E-state index is 1.16. The van der Waals surface area contributed by atoms with Crippen molar-refractivity contribution in [2.24, 2.45) is 0 Å². The maximum atomic E-state index is 9.79. The molecule has 0 spiro atoms. The molecule has 0 amide bonds. The molecule has 0 aromatic carbocycles. The third kappa shape index (κ3) is 0.337. The summed E-state index contributed by atoms with van der Waals surface area (Å²) in [5, 5.41) is 13.0. The summed E-state index contributed by atoms with van der Waals surface area (Å²) in [6.45, 7) is 0. The van der Waals surface area contributed by atoms with Crippen LogP contribution in [0.5, 0.6) is 0 Å². The predicted octanol–water partition coefficient (Wildman–Crippen LogP) is -0.514. The normalized spacial score (nSPS) is 8.67. The van der Waals surface area contributed by atoms with E-state index in [4.69, 9.17) is 0 Å². The van der Waals surface area contributed by atoms with Gasteiger partial charge in [-0.15, -0.1) is 0 Å². The van der Waals surface area contributed by atoms with Gasteiger partial charge in [-0.3, -0.25) is 0 Å². The molecule has 0 bridgehead atoms. The zero-order chi connectivity index (χ0) is 4.41. The molecule has 0 aliphatic rings. The molecule has 3 heteroatoms. The van der Waals surface area contributed by atoms with Gasteiger partial charge in [0.2, 0.25) is 0 Å². The molecule has 1 aromatic heterocycles. The molecule has 0 radical (unpaired) electrons. The minimum absolute atomic E-state index is 1.16. The molecule has 0 aliphatic heterocycles. The van der Waals surface area contributed by atoms with E-state index in [2.05, 4.69) is 5.16 Å². The largest absolute Gasteiger partial charge is 0.522 e. The number of hydrogen-bond donors (Lipinski definition) is 0. The number of nitrogens with zero attached hydrogens (tertiary/aromatic N) is 1. The van der Waals surface area contributed by atoms with E-state index in [9.17, 15) is 5.26 Å². The van der Waals surface area contributed by atoms with Gasteiger partial charge in [0.05, 0.1) is 11.2 Å². The molecule has 32 valence electrons. The molecule has 0 atom stereocenters. The second-order valence-electron chi connectivity index (χ2n) is 0.859. The second-order valence-corrected chi connectivity index (χ2v) is 0.859. The number of aromatic nitrogens is 1. The highest BCUT2D eigenvalue weighted by molar-refractivity contribution is 4.68. The lowest BCUT2D eigenvalue weighted by Crippen LogP contribution is -1.96. The highest BCUT2D eigenvalue weighted by atomic mass is 17.2. The monoisotopic (exact) mass is 85.0 g/mol. The third-order valence-electron chi connectivity index (χ3n) is 0.446. The molecule has 3 nitrogen and oxygen atoms in total. The summed E-state index contributed by atoms with van der Waals surface area (Å²) in [4.78, 5) is 0. The van der Waals surface area contributed by atoms with E-state index in [1.165, 1.54) is 18.5 Å². The van der Waals surface area contributed by atoms with Gasteiger partial charge >= 0.3 is 0 Å². The Morgan fingerprint density at radius 1 is 1.67 bits per heavy atom. The van der Waals surface area contributed by atoms with Gasteiger partial charge in [-0.1, -0.05) is 0 Å². The fraction of sp³-hybridized carbons (Fsp3) is 0. The molecule has 1 rings (SSSR count). The van der Waals surface area contributed by atoms with Crippen molar-refractivity contribution in [3.8, 4) is 0 Å². The van der Waals surface area contributed by atoms with Crippen molar-refractivity contribution < 1.29 is 9.56 Å². The van der Waals surface area contributed by atoms with Crippen LogP contribution in [-0.2, 0) is 0 Å². The van der Waals surface area contributed by atoms with Gasteiger partial charge in [0.1, 0.15) is 6.20 Å². The zero-order valence-corrected chi connectivity index (χ0v) is 3.00. The van der Waals surface area contributed by atoms with Crippen LogP contribution in [0.1, 0.15) is 0 Å². The van der Waals surface area contributed by atoms with E-state index in [0.717, 1.165) is 4.30 Å². The van der Waals surface area contributed by atoms with E-state index in [-0.39, 0.29) is 0 Å². The lowest BCUT2D eigenvalue weighted by atomic mass is 10.8. The Hall–Kier alpha value is -0.990. The Morgan fingerprint density at radius 3 is 2.67 bits per heavy atom. The minimum Gasteiger partial charge on any atom is -0.522 e. The Kier molecular flexibility index (Phi) is 0.538. The van der Waals surface area contributed by atoms with Crippen molar-refractivity contribution in [1.82, 2.24) is 5.16 Å². The molecule has 0 N–H and O–H groups in total. The van der Waals surface area contributed by atoms with Crippen molar-refractivity contribution in [1.29, 1.82) is 0 Å². The lowest BCUT2D eigenvalue weighted by Gasteiger charge is -1.85. The first-order valence-electron chi connectivity index (χ1n) is 1.51. The zero-order valence-electron chi connectivity index (χ0n) is 3.00. The van der Waals surface area contributed by atoms with Gasteiger partial charge in [0.25, 0.3) is 6.26 Å². The standard InChI is InChI=1S/C3H3NO2/c5-6-3-1-2-4-6/h1-3H. The predicted molar refractivity (Wildman–Crippen MR) is 16.5 cm³/mol. The molecule has 0 fully saturated rings. The summed E-state index contributed by atoms with van der Waals surface area (Å²) in [6, 6.07) is 1.54. The lowest BCUT2D eigenvalue weighted by molar-refractivity contribution is -0.719. The first-order valence-corrected chi connectivity index (χ1v) is 1.51. The SMILES string of the molecule is [O-][o+]1cccn1. The first-order chi connectivity index (χ1) is 2.89. The molecular weight excluding hydrogens is 82.0 g/mol. The van der Waals surface area contributed by atoms with Crippen molar-refractivity contribution in [2.75, 3.05) is 0 Å². The molecule has 6 heavy (non-hydrogen) atoms. The van der Waals surface area contributed by atoms with Crippen LogP contribution in [0.2, 0.25) is 0 Å². The first kappa shape index (κ1) is 3.21. The fourth-order valence-electron chi connectivity index (χ4n) is 0.233. The van der Waals surface area contributed by atoms with Crippen molar-refractivity contribution in [3.63, 3.8) is 0 Å². The van der Waals surface area contributed by atoms with Crippen molar-refractivity contribution >= 4 is 0 Å². The summed E-state index contributed by atoms with van der Waals surface area (Å²) in [5.74, 6) is 0. The quantitative estimate of drug-likeness (QED) is 0.314. The maximum absolute atomic E-state index is 9.79. The van der Waals surface area contributed by atoms with Gasteiger partial charge in [0.15, 0.2) is 0 Å². The molecular formula is C3H3NO2. The van der Waals surface area contributed by atoms with Gasteiger partial charge in [0, 0.05) is 0 Å². The van der Waals surface area contributed by atoms with Crippen LogP contribution in [0.25, 0.3) is 0 Å². The van der Waals surface area contributed by atoms with E-state index in [1.54, 1.807) is 0 Å². The third-order valence-corrected chi connectivity index (χ3v) is 0.446. The number of rotatable bonds is 0. The van der Waals surface area contributed by atoms with Crippen molar-refractivity contribution in [3.05, 3.63) is 18.5 Å². The van der Waals surface area contributed by atoms with E-state index >= 15 is 0 Å². The van der Waals surface area contributed by atoms with E-state index < -0.39 is 0 Å². The molecule has 0 aliphatic carbocycles. The number of hydrogen-bond acceptors (Lipinski definition) is 2. The van der Waals surface area contributed by atoms with Gasteiger partial charge in [-0.25, -0.2) is 0 Å². The molecule has 1 aromatic rings. The summed E-state index contributed by atoms with van der Waals surface area (Å²) in [6.07, 6.45) is 2.65. The Bertz CT molecular complexity index is 112. The highest BCUT2D eigenvalue weighted by Gasteiger charge is 1.76. The topological polar surface area (TPSA) is 38.7 Å². The van der Waals surface area contributed by atoms with Crippen LogP contribution < -0.4 is 5.26 Å². The summed E-state index contributed by atoms with van der Waals surface area (Å²) < 4.78 is 1.16. The van der Waals surface area contributed by atoms with Crippen LogP contribution in [0.15, 0.2) is 22.8 Å². The summed E-state index contributed by atoms with van der Waals surface area (Å²) in [7, 11) is 0. The summed E-state index contributed by atoms with van der Waals surface area (Å²) >= 11 is 0. The molecule has 0 unspecified atom stereocenters. The van der Waals surface area contributed by atoms with Crippen molar-refractivity contribution in [2.45, 2.75) is 0 Å². The smallest absolute Gasteiger partial charge is 0.275 e. The van der Waals surface area contributed by atoms with Gasteiger partial charge in [-0.2, -0.15) is 0 Å². The second kappa shape index (κ2) is 1.01. The van der Waals surface area contributed by atoms with Gasteiger partial charge in [-0.05, 0) is 0 Å². The van der Waals surface area contributed by atoms with Crippen LogP contribution in [0.3, 0.4) is 0 Å². The van der Waals surface area contributed by atoms with Crippen LogP contribution in [0.4, 0.5) is 0 Å². The fourth-order valence-corrected chi connectivity index (χ4v) is 0.233. The molecule has 0 saturated carbocycles. The maximum Gasteiger partial charge on any atom is 0.275 e. The summed E-state index contributed by atoms with van der Waals surface area (Å²) in [5.41, 5.74) is 0. The Balaban J connectivity index is 3.05. The average molecular weight is 85.1 g/mol. The molecule has 1 heterocycles. The van der Waals surface area contributed by atoms with Crippen LogP contribution in [-0.4, -0.2) is 5.16 Å². The van der Waals surface area contributed by atoms with Crippen LogP contribution in [0, 0.1) is 0 Å². The van der Waals surface area contributed by atoms with Gasteiger partial charge < -0.3 is 9.56 Å². The Labute approximate surface area is 34.4 Å². The Morgan fingerprint density at radius 2 is 2.50 bits per heavy atom. The van der Waals surface area contributed by atoms with Crippen LogP contribution >= 0.6 is 0 Å². The van der Waals surface area contributed by atoms with E-state index in [0.29, 0.717) is 0 Å². The van der Waals surface area contributed by atoms with E-state index in [1.807, 2.05) is 0 Å².